The minimum absolute atomic E-state index is 0.0955. The lowest BCUT2D eigenvalue weighted by Gasteiger charge is -2.41. The van der Waals surface area contributed by atoms with Gasteiger partial charge in [0.25, 0.3) is 0 Å². The number of piperazine rings is 1. The van der Waals surface area contributed by atoms with Crippen molar-refractivity contribution >= 4 is 5.91 Å². The molecule has 18 heavy (non-hydrogen) atoms. The Kier molecular flexibility index (Phi) is 6.05. The van der Waals surface area contributed by atoms with Crippen LogP contribution in [-0.2, 0) is 14.3 Å². The lowest BCUT2D eigenvalue weighted by Crippen LogP contribution is -2.62. The Bertz CT molecular complexity index is 263. The van der Waals surface area contributed by atoms with Crippen LogP contribution in [0.15, 0.2) is 0 Å². The molecule has 0 aromatic rings. The van der Waals surface area contributed by atoms with E-state index in [1.165, 1.54) is 0 Å². The molecular weight excluding hydrogens is 232 g/mol. The van der Waals surface area contributed by atoms with E-state index < -0.39 is 5.54 Å². The molecule has 1 rings (SSSR count). The summed E-state index contributed by atoms with van der Waals surface area (Å²) >= 11 is 0. The van der Waals surface area contributed by atoms with E-state index in [2.05, 4.69) is 10.2 Å². The van der Waals surface area contributed by atoms with Gasteiger partial charge in [-0.3, -0.25) is 9.69 Å². The molecule has 0 aromatic heterocycles. The van der Waals surface area contributed by atoms with E-state index in [1.54, 1.807) is 0 Å². The third kappa shape index (κ3) is 3.93. The first-order chi connectivity index (χ1) is 8.52. The minimum Gasteiger partial charge on any atom is -0.353 e. The standard InChI is InChI=1S/C13H26N2O3/c1-5-17-11(18-6-2)7-9-15-10-8-14-12(16)13(15,3)4/h11H,5-10H2,1-4H3,(H,14,16). The van der Waals surface area contributed by atoms with Gasteiger partial charge in [-0.25, -0.2) is 0 Å². The molecule has 0 aliphatic carbocycles. The van der Waals surface area contributed by atoms with Gasteiger partial charge in [-0.1, -0.05) is 0 Å². The van der Waals surface area contributed by atoms with E-state index in [0.717, 1.165) is 26.1 Å². The molecule has 1 heterocycles. The van der Waals surface area contributed by atoms with Crippen molar-refractivity contribution in [3.63, 3.8) is 0 Å². The third-order valence-corrected chi connectivity index (χ3v) is 3.35. The summed E-state index contributed by atoms with van der Waals surface area (Å²) in [5.41, 5.74) is -0.443. The van der Waals surface area contributed by atoms with Gasteiger partial charge in [0.2, 0.25) is 5.91 Å². The Balaban J connectivity index is 2.47. The Labute approximate surface area is 110 Å². The molecule has 1 saturated heterocycles. The van der Waals surface area contributed by atoms with E-state index in [4.69, 9.17) is 9.47 Å². The van der Waals surface area contributed by atoms with Crippen LogP contribution in [0.2, 0.25) is 0 Å². The number of ether oxygens (including phenoxy) is 2. The number of hydrogen-bond donors (Lipinski definition) is 1. The summed E-state index contributed by atoms with van der Waals surface area (Å²) in [5.74, 6) is 0.0955. The van der Waals surface area contributed by atoms with E-state index in [0.29, 0.717) is 13.2 Å². The molecule has 0 atom stereocenters. The highest BCUT2D eigenvalue weighted by molar-refractivity contribution is 5.86. The van der Waals surface area contributed by atoms with E-state index in [-0.39, 0.29) is 12.2 Å². The molecule has 0 saturated carbocycles. The Morgan fingerprint density at radius 1 is 1.33 bits per heavy atom. The smallest absolute Gasteiger partial charge is 0.239 e. The largest absolute Gasteiger partial charge is 0.353 e. The van der Waals surface area contributed by atoms with Crippen molar-refractivity contribution in [1.29, 1.82) is 0 Å². The molecule has 1 aliphatic rings. The van der Waals surface area contributed by atoms with Crippen molar-refractivity contribution in [1.82, 2.24) is 10.2 Å². The number of nitrogens with one attached hydrogen (secondary N) is 1. The molecule has 5 nitrogen and oxygen atoms in total. The predicted octanol–water partition coefficient (Wildman–Crippen LogP) is 0.986. The van der Waals surface area contributed by atoms with Crippen molar-refractivity contribution in [3.8, 4) is 0 Å². The van der Waals surface area contributed by atoms with Crippen molar-refractivity contribution in [2.24, 2.45) is 0 Å². The maximum Gasteiger partial charge on any atom is 0.239 e. The summed E-state index contributed by atoms with van der Waals surface area (Å²) in [6.45, 7) is 11.5. The van der Waals surface area contributed by atoms with Crippen molar-refractivity contribution in [2.75, 3.05) is 32.8 Å². The van der Waals surface area contributed by atoms with Crippen LogP contribution in [0.5, 0.6) is 0 Å². The van der Waals surface area contributed by atoms with Gasteiger partial charge in [0.05, 0.1) is 5.54 Å². The minimum atomic E-state index is -0.443. The maximum absolute atomic E-state index is 11.8. The van der Waals surface area contributed by atoms with Gasteiger partial charge in [-0.05, 0) is 27.7 Å². The second kappa shape index (κ2) is 7.07. The topological polar surface area (TPSA) is 50.8 Å². The van der Waals surface area contributed by atoms with Gasteiger partial charge in [0.15, 0.2) is 6.29 Å². The molecular formula is C13H26N2O3. The fourth-order valence-electron chi connectivity index (χ4n) is 2.18. The first-order valence-electron chi connectivity index (χ1n) is 6.78. The lowest BCUT2D eigenvalue weighted by atomic mass is 9.99. The molecule has 1 aliphatic heterocycles. The first-order valence-corrected chi connectivity index (χ1v) is 6.78. The number of nitrogens with zero attached hydrogens (tertiary/aromatic N) is 1. The number of carbonyl (C=O) groups is 1. The summed E-state index contributed by atoms with van der Waals surface area (Å²) in [5, 5.41) is 2.90. The molecule has 1 N–H and O–H groups in total. The maximum atomic E-state index is 11.8. The molecule has 0 radical (unpaired) electrons. The van der Waals surface area contributed by atoms with Crippen LogP contribution in [0.4, 0.5) is 0 Å². The summed E-state index contributed by atoms with van der Waals surface area (Å²) in [6.07, 6.45) is 0.624. The van der Waals surface area contributed by atoms with Gasteiger partial charge >= 0.3 is 0 Å². The number of carbonyl (C=O) groups excluding carboxylic acids is 1. The Morgan fingerprint density at radius 2 is 1.94 bits per heavy atom. The zero-order chi connectivity index (χ0) is 13.6. The van der Waals surface area contributed by atoms with Crippen LogP contribution in [0.1, 0.15) is 34.1 Å². The number of amides is 1. The van der Waals surface area contributed by atoms with Gasteiger partial charge in [-0.2, -0.15) is 0 Å². The van der Waals surface area contributed by atoms with Crippen LogP contribution < -0.4 is 5.32 Å². The van der Waals surface area contributed by atoms with Crippen LogP contribution in [-0.4, -0.2) is 55.5 Å². The van der Waals surface area contributed by atoms with Crippen LogP contribution >= 0.6 is 0 Å². The molecule has 5 heteroatoms. The second-order valence-electron chi connectivity index (χ2n) is 4.93. The second-order valence-corrected chi connectivity index (χ2v) is 4.93. The monoisotopic (exact) mass is 258 g/mol. The average molecular weight is 258 g/mol. The number of rotatable bonds is 7. The molecule has 0 unspecified atom stereocenters. The molecule has 106 valence electrons. The van der Waals surface area contributed by atoms with Crippen molar-refractivity contribution < 1.29 is 14.3 Å². The van der Waals surface area contributed by atoms with Crippen LogP contribution in [0, 0.1) is 0 Å². The fraction of sp³-hybridized carbons (Fsp3) is 0.923. The van der Waals surface area contributed by atoms with Crippen molar-refractivity contribution in [2.45, 2.75) is 45.9 Å². The molecule has 0 spiro atoms. The lowest BCUT2D eigenvalue weighted by molar-refractivity contribution is -0.149. The zero-order valence-corrected chi connectivity index (χ0v) is 12.0. The first kappa shape index (κ1) is 15.4. The summed E-state index contributed by atoms with van der Waals surface area (Å²) in [7, 11) is 0. The Hall–Kier alpha value is -0.650. The van der Waals surface area contributed by atoms with Gasteiger partial charge in [0, 0.05) is 39.3 Å². The molecule has 0 bridgehead atoms. The fourth-order valence-corrected chi connectivity index (χ4v) is 2.18. The van der Waals surface area contributed by atoms with Crippen molar-refractivity contribution in [3.05, 3.63) is 0 Å². The highest BCUT2D eigenvalue weighted by atomic mass is 16.7. The summed E-state index contributed by atoms with van der Waals surface area (Å²) in [6, 6.07) is 0. The molecule has 1 fully saturated rings. The quantitative estimate of drug-likeness (QED) is 0.692. The highest BCUT2D eigenvalue weighted by Gasteiger charge is 2.37. The van der Waals surface area contributed by atoms with Gasteiger partial charge in [-0.15, -0.1) is 0 Å². The van der Waals surface area contributed by atoms with Crippen LogP contribution in [0.3, 0.4) is 0 Å². The molecule has 1 amide bonds. The average Bonchev–Trinajstić information content (AvgIpc) is 2.31. The summed E-state index contributed by atoms with van der Waals surface area (Å²) < 4.78 is 11.0. The summed E-state index contributed by atoms with van der Waals surface area (Å²) in [4.78, 5) is 14.0. The van der Waals surface area contributed by atoms with Gasteiger partial charge < -0.3 is 14.8 Å². The highest BCUT2D eigenvalue weighted by Crippen LogP contribution is 2.18. The number of hydrogen-bond acceptors (Lipinski definition) is 4. The van der Waals surface area contributed by atoms with Crippen LogP contribution in [0.25, 0.3) is 0 Å². The Morgan fingerprint density at radius 3 is 2.50 bits per heavy atom. The van der Waals surface area contributed by atoms with E-state index in [1.807, 2.05) is 27.7 Å². The SMILES string of the molecule is CCOC(CCN1CCNC(=O)C1(C)C)OCC. The third-order valence-electron chi connectivity index (χ3n) is 3.35. The predicted molar refractivity (Wildman–Crippen MR) is 70.3 cm³/mol. The zero-order valence-electron chi connectivity index (χ0n) is 12.0. The molecule has 0 aromatic carbocycles. The van der Waals surface area contributed by atoms with E-state index in [9.17, 15) is 4.79 Å². The van der Waals surface area contributed by atoms with E-state index >= 15 is 0 Å². The normalized spacial score (nSPS) is 20.2. The van der Waals surface area contributed by atoms with Gasteiger partial charge in [0.1, 0.15) is 0 Å².